The Kier molecular flexibility index (Phi) is 3.89. The molecule has 1 N–H and O–H groups in total. The fraction of sp³-hybridized carbons (Fsp3) is 0.467. The van der Waals surface area contributed by atoms with Gasteiger partial charge >= 0.3 is 6.03 Å². The van der Waals surface area contributed by atoms with Crippen LogP contribution in [0.1, 0.15) is 44.2 Å². The Bertz CT molecular complexity index is 709. The van der Waals surface area contributed by atoms with Gasteiger partial charge in [-0.2, -0.15) is 4.98 Å². The van der Waals surface area contributed by atoms with E-state index in [1.54, 1.807) is 19.1 Å². The normalized spacial score (nSPS) is 21.0. The first kappa shape index (κ1) is 15.3. The van der Waals surface area contributed by atoms with E-state index in [1.165, 1.54) is 6.26 Å². The van der Waals surface area contributed by atoms with Crippen molar-refractivity contribution in [2.45, 2.75) is 45.2 Å². The Morgan fingerprint density at radius 2 is 2.22 bits per heavy atom. The van der Waals surface area contributed by atoms with Gasteiger partial charge in [-0.05, 0) is 25.5 Å². The molecule has 1 aliphatic rings. The van der Waals surface area contributed by atoms with Crippen molar-refractivity contribution < 1.29 is 18.5 Å². The van der Waals surface area contributed by atoms with Crippen LogP contribution >= 0.6 is 0 Å². The molecule has 0 saturated carbocycles. The van der Waals surface area contributed by atoms with Gasteiger partial charge < -0.3 is 14.3 Å². The van der Waals surface area contributed by atoms with Gasteiger partial charge in [-0.1, -0.05) is 18.5 Å². The fourth-order valence-corrected chi connectivity index (χ4v) is 2.50. The van der Waals surface area contributed by atoms with Gasteiger partial charge in [0.25, 0.3) is 5.91 Å². The molecule has 122 valence electrons. The molecule has 0 aromatic carbocycles. The van der Waals surface area contributed by atoms with E-state index in [2.05, 4.69) is 22.4 Å². The highest BCUT2D eigenvalue weighted by Crippen LogP contribution is 2.29. The summed E-state index contributed by atoms with van der Waals surface area (Å²) in [5, 5.41) is 6.51. The second-order valence-corrected chi connectivity index (χ2v) is 5.63. The Morgan fingerprint density at radius 1 is 1.39 bits per heavy atom. The van der Waals surface area contributed by atoms with Gasteiger partial charge in [0.1, 0.15) is 12.3 Å². The molecule has 8 heteroatoms. The average molecular weight is 318 g/mol. The third kappa shape index (κ3) is 2.71. The highest BCUT2D eigenvalue weighted by Gasteiger charge is 2.51. The first-order valence-corrected chi connectivity index (χ1v) is 7.54. The molecule has 1 atom stereocenters. The zero-order valence-corrected chi connectivity index (χ0v) is 13.0. The Balaban J connectivity index is 1.75. The predicted octanol–water partition coefficient (Wildman–Crippen LogP) is 1.97. The fourth-order valence-electron chi connectivity index (χ4n) is 2.50. The van der Waals surface area contributed by atoms with Gasteiger partial charge in [0.05, 0.1) is 6.26 Å². The maximum absolute atomic E-state index is 12.6. The van der Waals surface area contributed by atoms with E-state index in [9.17, 15) is 9.59 Å². The summed E-state index contributed by atoms with van der Waals surface area (Å²) in [7, 11) is 0. The molecule has 2 aromatic heterocycles. The van der Waals surface area contributed by atoms with Gasteiger partial charge in [0.15, 0.2) is 11.4 Å². The topological polar surface area (TPSA) is 101 Å². The van der Waals surface area contributed by atoms with Gasteiger partial charge in [0.2, 0.25) is 5.89 Å². The van der Waals surface area contributed by atoms with Crippen LogP contribution in [0.25, 0.3) is 0 Å². The highest BCUT2D eigenvalue weighted by molar-refractivity contribution is 6.06. The second-order valence-electron chi connectivity index (χ2n) is 5.63. The van der Waals surface area contributed by atoms with Crippen molar-refractivity contribution in [2.75, 3.05) is 0 Å². The molecule has 8 nitrogen and oxygen atoms in total. The Hall–Kier alpha value is -2.64. The predicted molar refractivity (Wildman–Crippen MR) is 78.1 cm³/mol. The summed E-state index contributed by atoms with van der Waals surface area (Å²) >= 11 is 0. The van der Waals surface area contributed by atoms with Crippen molar-refractivity contribution in [3.63, 3.8) is 0 Å². The number of amides is 3. The number of hydrogen-bond donors (Lipinski definition) is 1. The van der Waals surface area contributed by atoms with Crippen LogP contribution in [-0.2, 0) is 23.3 Å². The van der Waals surface area contributed by atoms with Gasteiger partial charge in [0, 0.05) is 6.42 Å². The third-order valence-electron chi connectivity index (χ3n) is 3.85. The number of furan rings is 1. The lowest BCUT2D eigenvalue weighted by Gasteiger charge is -2.18. The van der Waals surface area contributed by atoms with Crippen LogP contribution < -0.4 is 5.32 Å². The second kappa shape index (κ2) is 5.86. The van der Waals surface area contributed by atoms with E-state index >= 15 is 0 Å². The van der Waals surface area contributed by atoms with Gasteiger partial charge in [-0.25, -0.2) is 4.79 Å². The molecule has 1 fully saturated rings. The number of aryl methyl sites for hydroxylation is 1. The summed E-state index contributed by atoms with van der Waals surface area (Å²) in [6.07, 6.45) is 4.15. The molecule has 3 heterocycles. The number of carbonyl (C=O) groups is 2. The molecule has 2 aromatic rings. The molecule has 0 aliphatic carbocycles. The zero-order valence-electron chi connectivity index (χ0n) is 13.0. The van der Waals surface area contributed by atoms with E-state index in [0.29, 0.717) is 18.0 Å². The molecule has 0 unspecified atom stereocenters. The van der Waals surface area contributed by atoms with Crippen LogP contribution in [0, 0.1) is 0 Å². The average Bonchev–Trinajstić information content (AvgIpc) is 3.24. The Morgan fingerprint density at radius 3 is 2.91 bits per heavy atom. The van der Waals surface area contributed by atoms with Crippen molar-refractivity contribution >= 4 is 11.9 Å². The van der Waals surface area contributed by atoms with Gasteiger partial charge in [-0.3, -0.25) is 9.69 Å². The van der Waals surface area contributed by atoms with Crippen LogP contribution in [0.4, 0.5) is 4.79 Å². The molecule has 1 saturated heterocycles. The smallest absolute Gasteiger partial charge is 0.325 e. The first-order valence-electron chi connectivity index (χ1n) is 7.54. The minimum Gasteiger partial charge on any atom is -0.466 e. The quantitative estimate of drug-likeness (QED) is 0.817. The van der Waals surface area contributed by atoms with Crippen LogP contribution in [-0.4, -0.2) is 27.0 Å². The van der Waals surface area contributed by atoms with E-state index in [-0.39, 0.29) is 12.4 Å². The number of imide groups is 1. The van der Waals surface area contributed by atoms with Gasteiger partial charge in [-0.15, -0.1) is 0 Å². The molecular weight excluding hydrogens is 300 g/mol. The van der Waals surface area contributed by atoms with Crippen LogP contribution in [0.3, 0.4) is 0 Å². The maximum Gasteiger partial charge on any atom is 0.325 e. The lowest BCUT2D eigenvalue weighted by atomic mass is 9.99. The summed E-state index contributed by atoms with van der Waals surface area (Å²) in [5.41, 5.74) is -1.22. The number of nitrogens with zero attached hydrogens (tertiary/aromatic N) is 3. The number of aromatic nitrogens is 2. The minimum atomic E-state index is -1.22. The van der Waals surface area contributed by atoms with Crippen molar-refractivity contribution in [3.8, 4) is 0 Å². The van der Waals surface area contributed by atoms with E-state index < -0.39 is 17.5 Å². The van der Waals surface area contributed by atoms with Crippen molar-refractivity contribution in [2.24, 2.45) is 0 Å². The number of hydrogen-bond acceptors (Lipinski definition) is 6. The third-order valence-corrected chi connectivity index (χ3v) is 3.85. The molecule has 23 heavy (non-hydrogen) atoms. The molecule has 3 amide bonds. The monoisotopic (exact) mass is 318 g/mol. The van der Waals surface area contributed by atoms with Crippen LogP contribution in [0.2, 0.25) is 0 Å². The molecule has 3 rings (SSSR count). The standard InChI is InChI=1S/C15H18N4O4/c1-3-4-7-11-16-12(23-18-11)9-19-13(20)15(2,17-14(19)21)10-6-5-8-22-10/h5-6,8H,3-4,7,9H2,1-2H3,(H,17,21)/t15-/m1/s1. The van der Waals surface area contributed by atoms with Crippen molar-refractivity contribution in [1.29, 1.82) is 0 Å². The number of unbranched alkanes of at least 4 members (excludes halogenated alkanes) is 1. The number of nitrogens with one attached hydrogen (secondary N) is 1. The van der Waals surface area contributed by atoms with Crippen LogP contribution in [0.5, 0.6) is 0 Å². The van der Waals surface area contributed by atoms with Crippen LogP contribution in [0.15, 0.2) is 27.3 Å². The first-order chi connectivity index (χ1) is 11.0. The summed E-state index contributed by atoms with van der Waals surface area (Å²) in [5.74, 6) is 0.796. The minimum absolute atomic E-state index is 0.0555. The number of carbonyl (C=O) groups excluding carboxylic acids is 2. The number of urea groups is 1. The summed E-state index contributed by atoms with van der Waals surface area (Å²) in [6.45, 7) is 3.62. The summed E-state index contributed by atoms with van der Waals surface area (Å²) in [4.78, 5) is 30.0. The molecule has 1 aliphatic heterocycles. The molecule has 0 spiro atoms. The number of rotatable bonds is 6. The lowest BCUT2D eigenvalue weighted by molar-refractivity contribution is -0.132. The SMILES string of the molecule is CCCCc1noc(CN2C(=O)N[C@](C)(c3ccco3)C2=O)n1. The van der Waals surface area contributed by atoms with E-state index in [4.69, 9.17) is 8.94 Å². The van der Waals surface area contributed by atoms with E-state index in [1.807, 2.05) is 0 Å². The summed E-state index contributed by atoms with van der Waals surface area (Å²) < 4.78 is 10.4. The zero-order chi connectivity index (χ0) is 16.4. The molecule has 0 radical (unpaired) electrons. The highest BCUT2D eigenvalue weighted by atomic mass is 16.5. The summed E-state index contributed by atoms with van der Waals surface area (Å²) in [6, 6.07) is 2.81. The molecular formula is C15H18N4O4. The van der Waals surface area contributed by atoms with Crippen molar-refractivity contribution in [1.82, 2.24) is 20.4 Å². The lowest BCUT2D eigenvalue weighted by Crippen LogP contribution is -2.40. The Labute approximate surface area is 132 Å². The van der Waals surface area contributed by atoms with E-state index in [0.717, 1.165) is 17.7 Å². The van der Waals surface area contributed by atoms with Crippen molar-refractivity contribution in [3.05, 3.63) is 35.9 Å². The maximum atomic E-state index is 12.6. The molecule has 0 bridgehead atoms. The largest absolute Gasteiger partial charge is 0.466 e.